The Balaban J connectivity index is 2.00. The minimum atomic E-state index is 0.0772. The predicted octanol–water partition coefficient (Wildman–Crippen LogP) is 3.19. The number of ether oxygens (including phenoxy) is 2. The van der Waals surface area contributed by atoms with Gasteiger partial charge in [0.1, 0.15) is 0 Å². The molecule has 1 unspecified atom stereocenters. The van der Waals surface area contributed by atoms with Gasteiger partial charge < -0.3 is 24.2 Å². The Bertz CT molecular complexity index is 786. The van der Waals surface area contributed by atoms with Gasteiger partial charge in [0.05, 0.1) is 26.8 Å². The zero-order chi connectivity index (χ0) is 18.2. The highest BCUT2D eigenvalue weighted by Crippen LogP contribution is 2.42. The van der Waals surface area contributed by atoms with Crippen molar-refractivity contribution in [3.63, 3.8) is 0 Å². The number of hydrogen-bond acceptors (Lipinski definition) is 4. The van der Waals surface area contributed by atoms with Crippen molar-refractivity contribution in [1.82, 2.24) is 0 Å². The van der Waals surface area contributed by atoms with E-state index < -0.39 is 0 Å². The number of rotatable bonds is 4. The predicted molar refractivity (Wildman–Crippen MR) is 95.9 cm³/mol. The summed E-state index contributed by atoms with van der Waals surface area (Å²) < 4.78 is 10.9. The van der Waals surface area contributed by atoms with Crippen LogP contribution in [0.2, 0.25) is 0 Å². The van der Waals surface area contributed by atoms with Crippen molar-refractivity contribution in [2.24, 2.45) is 0 Å². The summed E-state index contributed by atoms with van der Waals surface area (Å²) in [4.78, 5) is 0. The number of quaternary nitrogens is 1. The van der Waals surface area contributed by atoms with Gasteiger partial charge in [0.2, 0.25) is 0 Å². The third kappa shape index (κ3) is 3.24. The molecule has 0 aliphatic carbocycles. The van der Waals surface area contributed by atoms with Gasteiger partial charge in [-0.3, -0.25) is 0 Å². The highest BCUT2D eigenvalue weighted by Gasteiger charge is 2.33. The van der Waals surface area contributed by atoms with Crippen LogP contribution in [0.25, 0.3) is 0 Å². The first-order valence-corrected chi connectivity index (χ1v) is 8.31. The Morgan fingerprint density at radius 2 is 1.76 bits per heavy atom. The lowest BCUT2D eigenvalue weighted by atomic mass is 9.87. The normalized spacial score (nSPS) is 22.3. The molecule has 5 nitrogen and oxygen atoms in total. The van der Waals surface area contributed by atoms with Gasteiger partial charge in [-0.25, -0.2) is 0 Å². The number of hydrogen-bond donors (Lipinski definition) is 2. The molecule has 25 heavy (non-hydrogen) atoms. The fourth-order valence-electron chi connectivity index (χ4n) is 3.60. The van der Waals surface area contributed by atoms with Crippen molar-refractivity contribution in [2.45, 2.75) is 18.9 Å². The van der Waals surface area contributed by atoms with Gasteiger partial charge in [-0.05, 0) is 35.4 Å². The van der Waals surface area contributed by atoms with Crippen molar-refractivity contribution >= 4 is 0 Å². The van der Waals surface area contributed by atoms with Crippen LogP contribution in [0.4, 0.5) is 0 Å². The molecule has 5 heteroatoms. The Hall–Kier alpha value is -2.40. The van der Waals surface area contributed by atoms with E-state index in [1.54, 1.807) is 25.3 Å². The summed E-state index contributed by atoms with van der Waals surface area (Å²) in [6.07, 6.45) is 1.59. The summed E-state index contributed by atoms with van der Waals surface area (Å²) in [7, 11) is 9.56. The number of phenols is 2. The fourth-order valence-corrected chi connectivity index (χ4v) is 3.60. The van der Waals surface area contributed by atoms with E-state index in [0.717, 1.165) is 24.1 Å². The minimum absolute atomic E-state index is 0.0772. The van der Waals surface area contributed by atoms with Gasteiger partial charge >= 0.3 is 0 Å². The highest BCUT2D eigenvalue weighted by atomic mass is 16.5. The molecular weight excluding hydrogens is 318 g/mol. The second-order valence-electron chi connectivity index (χ2n) is 6.90. The smallest absolute Gasteiger partial charge is 0.160 e. The van der Waals surface area contributed by atoms with E-state index >= 15 is 0 Å². The molecule has 134 valence electrons. The van der Waals surface area contributed by atoms with Crippen LogP contribution in [-0.2, 0) is 12.8 Å². The van der Waals surface area contributed by atoms with Crippen molar-refractivity contribution in [3.05, 3.63) is 54.1 Å². The standard InChI is InChI=1S/C20H25NO4/c1-21(2)8-7-14-11-20(25-4)18(23)12-15(14)16(21)9-13-5-6-19(24-3)17(22)10-13/h5-6,10-12,16,22-23H,1,7-9H2,2-4H3/t16-,21?/m0/s1. The SMILES string of the molecule is [CH2-][N+]1(C)CCc2cc(OC)c(O)cc2[C@@H]1Cc1ccc(OC)c(O)c1. The maximum atomic E-state index is 10.2. The lowest BCUT2D eigenvalue weighted by Crippen LogP contribution is -2.46. The lowest BCUT2D eigenvalue weighted by Gasteiger charge is -2.49. The summed E-state index contributed by atoms with van der Waals surface area (Å²) in [5.41, 5.74) is 3.26. The van der Waals surface area contributed by atoms with E-state index in [1.165, 1.54) is 12.7 Å². The number of benzene rings is 2. The van der Waals surface area contributed by atoms with Gasteiger partial charge in [-0.2, -0.15) is 0 Å². The van der Waals surface area contributed by atoms with Crippen LogP contribution < -0.4 is 9.47 Å². The summed E-state index contributed by atoms with van der Waals surface area (Å²) in [6.45, 7) is 0.897. The average Bonchev–Trinajstić information content (AvgIpc) is 2.57. The summed E-state index contributed by atoms with van der Waals surface area (Å²) in [5, 5.41) is 20.3. The van der Waals surface area contributed by atoms with Crippen molar-refractivity contribution < 1.29 is 24.2 Å². The van der Waals surface area contributed by atoms with E-state index in [9.17, 15) is 10.2 Å². The Morgan fingerprint density at radius 3 is 2.40 bits per heavy atom. The summed E-state index contributed by atoms with van der Waals surface area (Å²) in [6, 6.07) is 9.25. The molecule has 0 spiro atoms. The molecule has 1 heterocycles. The molecule has 0 bridgehead atoms. The van der Waals surface area contributed by atoms with Crippen molar-refractivity contribution in [2.75, 3.05) is 27.8 Å². The third-order valence-corrected chi connectivity index (χ3v) is 5.12. The topological polar surface area (TPSA) is 58.9 Å². The first-order valence-electron chi connectivity index (χ1n) is 8.31. The van der Waals surface area contributed by atoms with Gasteiger partial charge in [0.25, 0.3) is 0 Å². The van der Waals surface area contributed by atoms with Gasteiger partial charge in [-0.15, -0.1) is 7.05 Å². The number of likely N-dealkylation sites (N-methyl/N-ethyl adjacent to an activating group) is 1. The zero-order valence-electron chi connectivity index (χ0n) is 15.0. The van der Waals surface area contributed by atoms with Crippen LogP contribution in [0.5, 0.6) is 23.0 Å². The van der Waals surface area contributed by atoms with Crippen LogP contribution in [0.3, 0.4) is 0 Å². The number of fused-ring (bicyclic) bond motifs is 1. The van der Waals surface area contributed by atoms with E-state index in [-0.39, 0.29) is 17.5 Å². The molecule has 2 atom stereocenters. The number of nitrogens with zero attached hydrogens (tertiary/aromatic N) is 1. The molecule has 0 radical (unpaired) electrons. The molecule has 0 aromatic heterocycles. The molecular formula is C20H25NO4. The largest absolute Gasteiger partial charge is 0.504 e. The van der Waals surface area contributed by atoms with Crippen molar-refractivity contribution in [3.8, 4) is 23.0 Å². The van der Waals surface area contributed by atoms with Crippen LogP contribution in [0.1, 0.15) is 22.7 Å². The number of phenolic OH excluding ortho intramolecular Hbond substituents is 2. The lowest BCUT2D eigenvalue weighted by molar-refractivity contribution is -0.899. The first kappa shape index (κ1) is 17.4. The Kier molecular flexibility index (Phi) is 4.52. The molecule has 1 aliphatic rings. The molecule has 0 amide bonds. The van der Waals surface area contributed by atoms with E-state index in [2.05, 4.69) is 14.1 Å². The monoisotopic (exact) mass is 343 g/mol. The first-order chi connectivity index (χ1) is 11.9. The van der Waals surface area contributed by atoms with Gasteiger partial charge in [-0.1, -0.05) is 6.07 Å². The molecule has 1 aliphatic heterocycles. The van der Waals surface area contributed by atoms with Gasteiger partial charge in [0, 0.05) is 25.5 Å². The molecule has 2 aromatic carbocycles. The van der Waals surface area contributed by atoms with E-state index in [0.29, 0.717) is 22.4 Å². The zero-order valence-corrected chi connectivity index (χ0v) is 15.0. The second-order valence-corrected chi connectivity index (χ2v) is 6.90. The fraction of sp³-hybridized carbons (Fsp3) is 0.350. The molecule has 0 saturated carbocycles. The number of aromatic hydroxyl groups is 2. The molecule has 2 aromatic rings. The minimum Gasteiger partial charge on any atom is -0.504 e. The van der Waals surface area contributed by atoms with Crippen molar-refractivity contribution in [1.29, 1.82) is 0 Å². The van der Waals surface area contributed by atoms with Crippen LogP contribution >= 0.6 is 0 Å². The maximum absolute atomic E-state index is 10.2. The number of methoxy groups -OCH3 is 2. The van der Waals surface area contributed by atoms with Crippen LogP contribution in [0, 0.1) is 7.05 Å². The maximum Gasteiger partial charge on any atom is 0.160 e. The van der Waals surface area contributed by atoms with E-state index in [1.807, 2.05) is 12.1 Å². The quantitative estimate of drug-likeness (QED) is 0.661. The van der Waals surface area contributed by atoms with E-state index in [4.69, 9.17) is 9.47 Å². The molecule has 0 fully saturated rings. The summed E-state index contributed by atoms with van der Waals surface area (Å²) in [5.74, 6) is 1.24. The highest BCUT2D eigenvalue weighted by molar-refractivity contribution is 5.49. The average molecular weight is 343 g/mol. The Labute approximate surface area is 148 Å². The van der Waals surface area contributed by atoms with Crippen LogP contribution in [-0.4, -0.2) is 42.5 Å². The van der Waals surface area contributed by atoms with Crippen LogP contribution in [0.15, 0.2) is 30.3 Å². The van der Waals surface area contributed by atoms with Gasteiger partial charge in [0.15, 0.2) is 23.0 Å². The third-order valence-electron chi connectivity index (χ3n) is 5.12. The molecule has 0 saturated heterocycles. The second kappa shape index (κ2) is 6.48. The summed E-state index contributed by atoms with van der Waals surface area (Å²) >= 11 is 0. The molecule has 3 rings (SSSR count). The Morgan fingerprint density at radius 1 is 1.08 bits per heavy atom. The molecule has 2 N–H and O–H groups in total.